The fraction of sp³-hybridized carbons (Fsp3) is 0.455. The van der Waals surface area contributed by atoms with Crippen LogP contribution >= 0.6 is 11.8 Å². The lowest BCUT2D eigenvalue weighted by atomic mass is 10.0. The van der Waals surface area contributed by atoms with Crippen LogP contribution in [-0.4, -0.2) is 27.6 Å². The summed E-state index contributed by atoms with van der Waals surface area (Å²) in [4.78, 5) is 19.8. The van der Waals surface area contributed by atoms with E-state index < -0.39 is 0 Å². The Morgan fingerprint density at radius 2 is 1.77 bits per heavy atom. The van der Waals surface area contributed by atoms with Crippen molar-refractivity contribution in [2.24, 2.45) is 0 Å². The summed E-state index contributed by atoms with van der Waals surface area (Å²) in [5, 5.41) is 1.81. The number of hydrogen-bond acceptors (Lipinski definition) is 3. The maximum absolute atomic E-state index is 13.0. The molecule has 136 valence electrons. The minimum absolute atomic E-state index is 0.144. The van der Waals surface area contributed by atoms with E-state index in [4.69, 9.17) is 4.98 Å². The molecule has 1 aliphatic carbocycles. The van der Waals surface area contributed by atoms with Crippen molar-refractivity contribution in [3.63, 3.8) is 0 Å². The Morgan fingerprint density at radius 3 is 2.58 bits per heavy atom. The molecule has 2 heterocycles. The second kappa shape index (κ2) is 8.26. The molecule has 0 spiro atoms. The number of nitrogens with zero attached hydrogens (tertiary/aromatic N) is 2. The molecule has 2 aromatic rings. The van der Waals surface area contributed by atoms with E-state index in [0.29, 0.717) is 5.25 Å². The van der Waals surface area contributed by atoms with Gasteiger partial charge in [-0.25, -0.2) is 4.98 Å². The van der Waals surface area contributed by atoms with Gasteiger partial charge in [0.25, 0.3) is 5.91 Å². The molecule has 2 aliphatic rings. The minimum Gasteiger partial charge on any atom is -0.332 e. The van der Waals surface area contributed by atoms with E-state index in [1.807, 2.05) is 54.4 Å². The maximum atomic E-state index is 13.0. The van der Waals surface area contributed by atoms with Gasteiger partial charge in [-0.05, 0) is 43.9 Å². The first-order chi connectivity index (χ1) is 12.8. The molecule has 1 saturated heterocycles. The van der Waals surface area contributed by atoms with Crippen LogP contribution in [0.5, 0.6) is 0 Å². The highest BCUT2D eigenvalue weighted by molar-refractivity contribution is 7.99. The van der Waals surface area contributed by atoms with E-state index in [0.717, 1.165) is 30.0 Å². The summed E-state index contributed by atoms with van der Waals surface area (Å²) in [6, 6.07) is 14.0. The van der Waals surface area contributed by atoms with Crippen molar-refractivity contribution in [1.82, 2.24) is 9.88 Å². The molecule has 4 heteroatoms. The van der Waals surface area contributed by atoms with E-state index in [-0.39, 0.29) is 11.9 Å². The summed E-state index contributed by atoms with van der Waals surface area (Å²) in [5.41, 5.74) is 2.02. The number of likely N-dealkylation sites (tertiary alicyclic amines) is 1. The summed E-state index contributed by atoms with van der Waals surface area (Å²) in [5.74, 6) is 0.144. The molecule has 0 unspecified atom stereocenters. The molecular weight excluding hydrogens is 340 g/mol. The normalized spacial score (nSPS) is 21.1. The third kappa shape index (κ3) is 3.80. The average Bonchev–Trinajstić information content (AvgIpc) is 3.19. The summed E-state index contributed by atoms with van der Waals surface area (Å²) < 4.78 is 0. The number of carbonyl (C=O) groups is 1. The fourth-order valence-corrected chi connectivity index (χ4v) is 5.52. The predicted molar refractivity (Wildman–Crippen MR) is 106 cm³/mol. The Kier molecular flexibility index (Phi) is 5.59. The fourth-order valence-electron chi connectivity index (χ4n) is 4.18. The van der Waals surface area contributed by atoms with Gasteiger partial charge in [0.05, 0.1) is 6.04 Å². The Hall–Kier alpha value is -1.81. The van der Waals surface area contributed by atoms with Gasteiger partial charge in [0.2, 0.25) is 0 Å². The summed E-state index contributed by atoms with van der Waals surface area (Å²) >= 11 is 1.94. The van der Waals surface area contributed by atoms with Crippen LogP contribution in [0.25, 0.3) is 0 Å². The first-order valence-electron chi connectivity index (χ1n) is 9.80. The molecule has 2 fully saturated rings. The van der Waals surface area contributed by atoms with Gasteiger partial charge in [-0.2, -0.15) is 0 Å². The number of hydrogen-bond donors (Lipinski definition) is 0. The molecule has 1 atom stereocenters. The molecule has 4 rings (SSSR count). The number of aromatic nitrogens is 1. The first kappa shape index (κ1) is 17.6. The van der Waals surface area contributed by atoms with Crippen LogP contribution in [0.4, 0.5) is 0 Å². The quantitative estimate of drug-likeness (QED) is 0.718. The zero-order valence-corrected chi connectivity index (χ0v) is 16.0. The lowest BCUT2D eigenvalue weighted by Crippen LogP contribution is -2.31. The van der Waals surface area contributed by atoms with Crippen molar-refractivity contribution in [2.75, 3.05) is 6.54 Å². The van der Waals surface area contributed by atoms with Crippen molar-refractivity contribution in [3.8, 4) is 0 Å². The molecule has 1 aromatic heterocycles. The molecule has 1 amide bonds. The van der Waals surface area contributed by atoms with Gasteiger partial charge in [-0.1, -0.05) is 43.5 Å². The zero-order valence-electron chi connectivity index (χ0n) is 15.1. The van der Waals surface area contributed by atoms with E-state index in [9.17, 15) is 4.79 Å². The topological polar surface area (TPSA) is 33.2 Å². The van der Waals surface area contributed by atoms with E-state index >= 15 is 0 Å². The number of carbonyl (C=O) groups excluding carboxylic acids is 1. The lowest BCUT2D eigenvalue weighted by molar-refractivity contribution is 0.0733. The predicted octanol–water partition coefficient (Wildman–Crippen LogP) is 5.48. The summed E-state index contributed by atoms with van der Waals surface area (Å²) in [7, 11) is 0. The Bertz CT molecular complexity index is 743. The van der Waals surface area contributed by atoms with Crippen molar-refractivity contribution in [1.29, 1.82) is 0 Å². The Morgan fingerprint density at radius 1 is 0.962 bits per heavy atom. The van der Waals surface area contributed by atoms with Gasteiger partial charge in [-0.3, -0.25) is 4.79 Å². The van der Waals surface area contributed by atoms with Crippen molar-refractivity contribution >= 4 is 17.7 Å². The molecule has 0 N–H and O–H groups in total. The molecule has 0 bridgehead atoms. The number of thioether (sulfide) groups is 1. The van der Waals surface area contributed by atoms with Gasteiger partial charge < -0.3 is 4.90 Å². The van der Waals surface area contributed by atoms with Crippen LogP contribution in [0.2, 0.25) is 0 Å². The summed E-state index contributed by atoms with van der Waals surface area (Å²) in [6.45, 7) is 0.834. The van der Waals surface area contributed by atoms with E-state index in [1.54, 1.807) is 0 Å². The monoisotopic (exact) mass is 366 g/mol. The maximum Gasteiger partial charge on any atom is 0.254 e. The second-order valence-electron chi connectivity index (χ2n) is 7.30. The van der Waals surface area contributed by atoms with Gasteiger partial charge in [-0.15, -0.1) is 11.8 Å². The lowest BCUT2D eigenvalue weighted by Gasteiger charge is -2.28. The average molecular weight is 367 g/mol. The van der Waals surface area contributed by atoms with Crippen molar-refractivity contribution < 1.29 is 4.79 Å². The Labute approximate surface area is 160 Å². The van der Waals surface area contributed by atoms with Crippen LogP contribution in [0.15, 0.2) is 53.7 Å². The zero-order chi connectivity index (χ0) is 17.8. The minimum atomic E-state index is 0.144. The summed E-state index contributed by atoms with van der Waals surface area (Å²) in [6.07, 6.45) is 10.6. The van der Waals surface area contributed by atoms with Crippen LogP contribution in [0.1, 0.15) is 66.9 Å². The Balaban J connectivity index is 1.57. The highest BCUT2D eigenvalue weighted by atomic mass is 32.2. The van der Waals surface area contributed by atoms with Gasteiger partial charge >= 0.3 is 0 Å². The van der Waals surface area contributed by atoms with E-state index in [1.165, 1.54) is 37.7 Å². The molecule has 3 nitrogen and oxygen atoms in total. The number of rotatable bonds is 4. The van der Waals surface area contributed by atoms with Crippen molar-refractivity contribution in [2.45, 2.75) is 61.3 Å². The largest absolute Gasteiger partial charge is 0.332 e. The van der Waals surface area contributed by atoms with Crippen LogP contribution in [0.3, 0.4) is 0 Å². The smallest absolute Gasteiger partial charge is 0.254 e. The van der Waals surface area contributed by atoms with Crippen LogP contribution in [0, 0.1) is 0 Å². The molecule has 0 radical (unpaired) electrons. The van der Waals surface area contributed by atoms with Gasteiger partial charge in [0.15, 0.2) is 0 Å². The molecule has 1 saturated carbocycles. The van der Waals surface area contributed by atoms with E-state index in [2.05, 4.69) is 11.0 Å². The molecule has 26 heavy (non-hydrogen) atoms. The van der Waals surface area contributed by atoms with Crippen LogP contribution < -0.4 is 0 Å². The second-order valence-corrected chi connectivity index (χ2v) is 8.59. The van der Waals surface area contributed by atoms with Crippen LogP contribution in [-0.2, 0) is 0 Å². The highest BCUT2D eigenvalue weighted by Crippen LogP contribution is 2.40. The number of pyridine rings is 1. The molecule has 1 aromatic carbocycles. The van der Waals surface area contributed by atoms with Gasteiger partial charge in [0, 0.05) is 29.1 Å². The molecular formula is C22H26N2OS. The number of benzene rings is 1. The first-order valence-corrected chi connectivity index (χ1v) is 10.7. The number of amides is 1. The van der Waals surface area contributed by atoms with Gasteiger partial charge in [0.1, 0.15) is 5.03 Å². The third-order valence-corrected chi connectivity index (χ3v) is 6.89. The third-order valence-electron chi connectivity index (χ3n) is 5.52. The molecule has 1 aliphatic heterocycles. The standard InChI is InChI=1S/C22H26N2OS/c25-22(17-9-3-1-4-10-17)24-16-8-14-20(24)19-13-7-15-23-21(19)26-18-11-5-2-6-12-18/h1,3-4,7,9-10,13,15,18,20H,2,5-6,8,11-12,14,16H2/t20-/m0/s1. The highest BCUT2D eigenvalue weighted by Gasteiger charge is 2.32. The SMILES string of the molecule is O=C(c1ccccc1)N1CCC[C@H]1c1cccnc1SC1CCCCC1. The van der Waals surface area contributed by atoms with Crippen molar-refractivity contribution in [3.05, 3.63) is 59.8 Å².